The van der Waals surface area contributed by atoms with Crippen molar-refractivity contribution in [1.29, 1.82) is 0 Å². The molecule has 2 N–H and O–H groups in total. The molecular weight excluding hydrogens is 316 g/mol. The summed E-state index contributed by atoms with van der Waals surface area (Å²) in [6.07, 6.45) is 2.08. The minimum absolute atomic E-state index is 0.136. The van der Waals surface area contributed by atoms with E-state index in [9.17, 15) is 5.11 Å². The minimum Gasteiger partial charge on any atom is -0.394 e. The second-order valence-electron chi connectivity index (χ2n) is 5.03. The fourth-order valence-electron chi connectivity index (χ4n) is 2.51. The van der Waals surface area contributed by atoms with Gasteiger partial charge in [0.05, 0.1) is 17.2 Å². The van der Waals surface area contributed by atoms with E-state index < -0.39 is 0 Å². The molecule has 0 saturated carbocycles. The van der Waals surface area contributed by atoms with Gasteiger partial charge in [-0.3, -0.25) is 0 Å². The van der Waals surface area contributed by atoms with Crippen LogP contribution in [0, 0.1) is 0 Å². The maximum Gasteiger partial charge on any atom is 0.0730 e. The number of piperidine rings is 1. The Kier molecular flexibility index (Phi) is 4.54. The van der Waals surface area contributed by atoms with Gasteiger partial charge in [-0.15, -0.1) is 0 Å². The van der Waals surface area contributed by atoms with E-state index in [1.54, 1.807) is 0 Å². The van der Waals surface area contributed by atoms with Gasteiger partial charge >= 0.3 is 0 Å². The number of hydrogen-bond donors (Lipinski definition) is 2. The largest absolute Gasteiger partial charge is 0.394 e. The van der Waals surface area contributed by atoms with Crippen LogP contribution in [0.3, 0.4) is 0 Å². The second-order valence-corrected chi connectivity index (χ2v) is 6.30. The maximum absolute atomic E-state index is 9.72. The van der Waals surface area contributed by atoms with Gasteiger partial charge < -0.3 is 15.3 Å². The fraction of sp³-hybridized carbons (Fsp3) is 0.538. The number of hydrogen-bond acceptors (Lipinski definition) is 3. The highest BCUT2D eigenvalue weighted by Gasteiger charge is 2.33. The Morgan fingerprint density at radius 1 is 1.56 bits per heavy atom. The molecule has 0 aliphatic carbocycles. The molecule has 0 radical (unpaired) electrons. The lowest BCUT2D eigenvalue weighted by Gasteiger charge is -2.41. The molecule has 100 valence electrons. The van der Waals surface area contributed by atoms with E-state index in [0.717, 1.165) is 36.1 Å². The smallest absolute Gasteiger partial charge is 0.0730 e. The number of nitrogens with one attached hydrogen (secondary N) is 1. The van der Waals surface area contributed by atoms with Gasteiger partial charge in [-0.2, -0.15) is 0 Å². The van der Waals surface area contributed by atoms with Crippen molar-refractivity contribution >= 4 is 33.2 Å². The summed E-state index contributed by atoms with van der Waals surface area (Å²) in [5, 5.41) is 13.9. The lowest BCUT2D eigenvalue weighted by atomic mass is 9.89. The summed E-state index contributed by atoms with van der Waals surface area (Å²) in [6, 6.07) is 5.75. The number of halogens is 2. The first-order chi connectivity index (χ1) is 8.54. The molecule has 2 rings (SSSR count). The number of aliphatic hydroxyl groups excluding tert-OH is 1. The van der Waals surface area contributed by atoms with Crippen LogP contribution >= 0.6 is 27.5 Å². The van der Waals surface area contributed by atoms with Crippen LogP contribution in [0.5, 0.6) is 0 Å². The number of anilines is 1. The third kappa shape index (κ3) is 3.18. The van der Waals surface area contributed by atoms with Crippen LogP contribution in [-0.2, 0) is 0 Å². The van der Waals surface area contributed by atoms with Crippen molar-refractivity contribution in [2.45, 2.75) is 18.4 Å². The van der Waals surface area contributed by atoms with Gasteiger partial charge in [0.2, 0.25) is 0 Å². The van der Waals surface area contributed by atoms with Crippen molar-refractivity contribution in [2.75, 3.05) is 32.1 Å². The van der Waals surface area contributed by atoms with Gasteiger partial charge in [0.1, 0.15) is 0 Å². The lowest BCUT2D eigenvalue weighted by Crippen LogP contribution is -2.54. The molecule has 18 heavy (non-hydrogen) atoms. The first-order valence-electron chi connectivity index (χ1n) is 6.07. The predicted molar refractivity (Wildman–Crippen MR) is 79.3 cm³/mol. The Bertz CT molecular complexity index is 429. The number of aliphatic hydroxyl groups is 1. The molecule has 1 aromatic carbocycles. The van der Waals surface area contributed by atoms with Gasteiger partial charge in [-0.25, -0.2) is 0 Å². The van der Waals surface area contributed by atoms with Crippen LogP contribution in [0.15, 0.2) is 22.7 Å². The molecule has 1 aliphatic heterocycles. The Hall–Kier alpha value is -0.290. The maximum atomic E-state index is 9.72. The van der Waals surface area contributed by atoms with Crippen molar-refractivity contribution in [2.24, 2.45) is 0 Å². The summed E-state index contributed by atoms with van der Waals surface area (Å²) < 4.78 is 0.867. The van der Waals surface area contributed by atoms with Gasteiger partial charge in [-0.1, -0.05) is 11.6 Å². The van der Waals surface area contributed by atoms with Gasteiger partial charge in [0.25, 0.3) is 0 Å². The molecule has 5 heteroatoms. The van der Waals surface area contributed by atoms with E-state index in [2.05, 4.69) is 33.2 Å². The highest BCUT2D eigenvalue weighted by atomic mass is 79.9. The number of nitrogens with zero attached hydrogens (tertiary/aromatic N) is 1. The normalized spacial score (nSPS) is 25.1. The summed E-state index contributed by atoms with van der Waals surface area (Å²) in [6.45, 7) is 2.08. The second kappa shape index (κ2) is 5.78. The fourth-order valence-corrected chi connectivity index (χ4v) is 3.01. The molecule has 1 aliphatic rings. The highest BCUT2D eigenvalue weighted by molar-refractivity contribution is 9.10. The average molecular weight is 334 g/mol. The molecule has 1 saturated heterocycles. The van der Waals surface area contributed by atoms with Gasteiger partial charge in [0.15, 0.2) is 0 Å². The van der Waals surface area contributed by atoms with Gasteiger partial charge in [0, 0.05) is 16.7 Å². The Morgan fingerprint density at radius 2 is 2.33 bits per heavy atom. The first kappa shape index (κ1) is 14.1. The molecule has 0 spiro atoms. The topological polar surface area (TPSA) is 35.5 Å². The monoisotopic (exact) mass is 332 g/mol. The standard InChI is InChI=1S/C13H18BrClN2O/c1-17-6-2-5-13(8-17,9-18)16-10-3-4-12(15)11(14)7-10/h3-4,7,16,18H,2,5-6,8-9H2,1H3. The number of rotatable bonds is 3. The molecule has 1 atom stereocenters. The summed E-state index contributed by atoms with van der Waals surface area (Å²) in [4.78, 5) is 2.25. The third-order valence-corrected chi connectivity index (χ3v) is 4.61. The Balaban J connectivity index is 2.16. The summed E-state index contributed by atoms with van der Waals surface area (Å²) in [7, 11) is 2.09. The quantitative estimate of drug-likeness (QED) is 0.892. The van der Waals surface area contributed by atoms with Crippen molar-refractivity contribution in [3.05, 3.63) is 27.7 Å². The Labute approximate surface area is 121 Å². The predicted octanol–water partition coefficient (Wildman–Crippen LogP) is 2.97. The number of benzene rings is 1. The highest BCUT2D eigenvalue weighted by Crippen LogP contribution is 2.29. The minimum atomic E-state index is -0.250. The SMILES string of the molecule is CN1CCCC(CO)(Nc2ccc(Cl)c(Br)c2)C1. The summed E-state index contributed by atoms with van der Waals surface area (Å²) in [5.74, 6) is 0. The molecular formula is C13H18BrClN2O. The van der Waals surface area contributed by atoms with E-state index in [1.807, 2.05) is 18.2 Å². The van der Waals surface area contributed by atoms with Crippen LogP contribution < -0.4 is 5.32 Å². The zero-order valence-electron chi connectivity index (χ0n) is 10.4. The molecule has 1 heterocycles. The average Bonchev–Trinajstić information content (AvgIpc) is 2.34. The van der Waals surface area contributed by atoms with Crippen LogP contribution in [0.1, 0.15) is 12.8 Å². The van der Waals surface area contributed by atoms with Crippen molar-refractivity contribution in [3.63, 3.8) is 0 Å². The first-order valence-corrected chi connectivity index (χ1v) is 7.24. The molecule has 0 amide bonds. The number of likely N-dealkylation sites (N-methyl/N-ethyl adjacent to an activating group) is 1. The summed E-state index contributed by atoms with van der Waals surface area (Å²) in [5.41, 5.74) is 0.732. The molecule has 0 bridgehead atoms. The van der Waals surface area contributed by atoms with Crippen LogP contribution in [0.2, 0.25) is 5.02 Å². The molecule has 1 unspecified atom stereocenters. The van der Waals surface area contributed by atoms with E-state index >= 15 is 0 Å². The van der Waals surface area contributed by atoms with E-state index in [-0.39, 0.29) is 12.1 Å². The van der Waals surface area contributed by atoms with E-state index in [0.29, 0.717) is 5.02 Å². The van der Waals surface area contributed by atoms with E-state index in [1.165, 1.54) is 0 Å². The van der Waals surface area contributed by atoms with Crippen LogP contribution in [-0.4, -0.2) is 42.3 Å². The molecule has 1 fully saturated rings. The zero-order chi connectivity index (χ0) is 13.2. The van der Waals surface area contributed by atoms with Crippen molar-refractivity contribution < 1.29 is 5.11 Å². The Morgan fingerprint density at radius 3 is 2.94 bits per heavy atom. The number of likely N-dealkylation sites (tertiary alicyclic amines) is 1. The lowest BCUT2D eigenvalue weighted by molar-refractivity contribution is 0.124. The molecule has 1 aromatic rings. The van der Waals surface area contributed by atoms with Crippen LogP contribution in [0.25, 0.3) is 0 Å². The molecule has 0 aromatic heterocycles. The van der Waals surface area contributed by atoms with Crippen molar-refractivity contribution in [3.8, 4) is 0 Å². The van der Waals surface area contributed by atoms with E-state index in [4.69, 9.17) is 11.6 Å². The third-order valence-electron chi connectivity index (χ3n) is 3.40. The summed E-state index contributed by atoms with van der Waals surface area (Å²) >= 11 is 9.40. The van der Waals surface area contributed by atoms with Gasteiger partial charge in [-0.05, 0) is 60.6 Å². The zero-order valence-corrected chi connectivity index (χ0v) is 12.8. The molecule has 3 nitrogen and oxygen atoms in total. The van der Waals surface area contributed by atoms with Crippen LogP contribution in [0.4, 0.5) is 5.69 Å². The van der Waals surface area contributed by atoms with Crippen molar-refractivity contribution in [1.82, 2.24) is 4.90 Å².